The van der Waals surface area contributed by atoms with Crippen molar-refractivity contribution in [2.75, 3.05) is 10.7 Å². The summed E-state index contributed by atoms with van der Waals surface area (Å²) in [7, 11) is 0. The highest BCUT2D eigenvalue weighted by molar-refractivity contribution is 8.00. The number of carbonyl (C=O) groups is 1. The van der Waals surface area contributed by atoms with Crippen molar-refractivity contribution in [3.63, 3.8) is 0 Å². The van der Waals surface area contributed by atoms with Crippen LogP contribution in [0.4, 0.5) is 10.1 Å². The second-order valence-electron chi connectivity index (χ2n) is 6.36. The highest BCUT2D eigenvalue weighted by Crippen LogP contribution is 2.45. The number of benzene rings is 3. The third kappa shape index (κ3) is 4.01. The molecule has 1 heterocycles. The molecule has 3 aromatic rings. The van der Waals surface area contributed by atoms with Crippen LogP contribution in [0.5, 0.6) is 5.75 Å². The van der Waals surface area contributed by atoms with Gasteiger partial charge < -0.3 is 4.74 Å². The first-order valence-electron chi connectivity index (χ1n) is 8.77. The molecule has 0 spiro atoms. The van der Waals surface area contributed by atoms with Crippen LogP contribution >= 0.6 is 23.4 Å². The Morgan fingerprint density at radius 1 is 1.04 bits per heavy atom. The number of thioether (sulfide) groups is 1. The first-order valence-corrected chi connectivity index (χ1v) is 10.2. The number of rotatable bonds is 5. The molecule has 1 saturated heterocycles. The number of nitrogens with zero attached hydrogens (tertiary/aromatic N) is 1. The standard InChI is InChI=1S/C22H17ClFNO2S/c23-16-7-11-18(12-8-16)25-21(26)14-28-22(25)19-3-1-2-4-20(19)27-13-15-5-9-17(24)10-6-15/h1-12,22H,13-14H2/t22-/m0/s1. The van der Waals surface area contributed by atoms with Gasteiger partial charge in [0.05, 0.1) is 5.75 Å². The van der Waals surface area contributed by atoms with E-state index in [4.69, 9.17) is 16.3 Å². The van der Waals surface area contributed by atoms with Crippen molar-refractivity contribution in [2.24, 2.45) is 0 Å². The van der Waals surface area contributed by atoms with Crippen LogP contribution in [0.15, 0.2) is 72.8 Å². The lowest BCUT2D eigenvalue weighted by Crippen LogP contribution is -2.28. The Morgan fingerprint density at radius 2 is 1.75 bits per heavy atom. The van der Waals surface area contributed by atoms with Crippen LogP contribution in [-0.2, 0) is 11.4 Å². The molecule has 1 amide bonds. The number of amides is 1. The zero-order chi connectivity index (χ0) is 19.5. The predicted octanol–water partition coefficient (Wildman–Crippen LogP) is 5.84. The molecule has 0 unspecified atom stereocenters. The summed E-state index contributed by atoms with van der Waals surface area (Å²) in [6, 6.07) is 21.2. The zero-order valence-electron chi connectivity index (χ0n) is 14.8. The second kappa shape index (κ2) is 8.25. The molecule has 0 aromatic heterocycles. The summed E-state index contributed by atoms with van der Waals surface area (Å²) >= 11 is 7.55. The minimum Gasteiger partial charge on any atom is -0.489 e. The Hall–Kier alpha value is -2.50. The van der Waals surface area contributed by atoms with E-state index in [1.807, 2.05) is 36.4 Å². The summed E-state index contributed by atoms with van der Waals surface area (Å²) in [5.74, 6) is 0.881. The van der Waals surface area contributed by atoms with Crippen molar-refractivity contribution >= 4 is 35.0 Å². The molecule has 3 aromatic carbocycles. The van der Waals surface area contributed by atoms with Gasteiger partial charge in [-0.2, -0.15) is 0 Å². The quantitative estimate of drug-likeness (QED) is 0.526. The van der Waals surface area contributed by atoms with E-state index in [1.54, 1.807) is 40.9 Å². The van der Waals surface area contributed by atoms with Gasteiger partial charge in [0.2, 0.25) is 5.91 Å². The normalized spacial score (nSPS) is 16.4. The Labute approximate surface area is 172 Å². The summed E-state index contributed by atoms with van der Waals surface area (Å²) in [5, 5.41) is 0.445. The monoisotopic (exact) mass is 413 g/mol. The van der Waals surface area contributed by atoms with Gasteiger partial charge in [0, 0.05) is 16.3 Å². The SMILES string of the molecule is O=C1CS[C@@H](c2ccccc2OCc2ccc(F)cc2)N1c1ccc(Cl)cc1. The summed E-state index contributed by atoms with van der Waals surface area (Å²) in [6.45, 7) is 0.323. The molecule has 1 fully saturated rings. The van der Waals surface area contributed by atoms with E-state index in [9.17, 15) is 9.18 Å². The first kappa shape index (κ1) is 18.8. The van der Waals surface area contributed by atoms with Crippen LogP contribution in [0.1, 0.15) is 16.5 Å². The maximum atomic E-state index is 13.1. The number of ether oxygens (including phenoxy) is 1. The number of carbonyl (C=O) groups excluding carboxylic acids is 1. The maximum Gasteiger partial charge on any atom is 0.238 e. The fourth-order valence-corrected chi connectivity index (χ4v) is 4.42. The average Bonchev–Trinajstić information content (AvgIpc) is 3.10. The molecule has 0 bridgehead atoms. The van der Waals surface area contributed by atoms with Crippen molar-refractivity contribution in [3.05, 3.63) is 94.8 Å². The minimum atomic E-state index is -0.274. The lowest BCUT2D eigenvalue weighted by Gasteiger charge is -2.26. The van der Waals surface area contributed by atoms with E-state index in [1.165, 1.54) is 12.1 Å². The van der Waals surface area contributed by atoms with Crippen LogP contribution in [0, 0.1) is 5.82 Å². The fraction of sp³-hybridized carbons (Fsp3) is 0.136. The average molecular weight is 414 g/mol. The number of hydrogen-bond acceptors (Lipinski definition) is 3. The second-order valence-corrected chi connectivity index (χ2v) is 7.86. The van der Waals surface area contributed by atoms with Crippen molar-refractivity contribution in [1.29, 1.82) is 0 Å². The van der Waals surface area contributed by atoms with Crippen molar-refractivity contribution < 1.29 is 13.9 Å². The molecule has 3 nitrogen and oxygen atoms in total. The highest BCUT2D eigenvalue weighted by atomic mass is 35.5. The molecule has 1 atom stereocenters. The fourth-order valence-electron chi connectivity index (χ4n) is 3.09. The highest BCUT2D eigenvalue weighted by Gasteiger charge is 2.35. The number of hydrogen-bond donors (Lipinski definition) is 0. The largest absolute Gasteiger partial charge is 0.489 e. The summed E-state index contributed by atoms with van der Waals surface area (Å²) < 4.78 is 19.1. The van der Waals surface area contributed by atoms with Gasteiger partial charge in [-0.1, -0.05) is 41.9 Å². The third-order valence-electron chi connectivity index (χ3n) is 4.47. The zero-order valence-corrected chi connectivity index (χ0v) is 16.4. The lowest BCUT2D eigenvalue weighted by atomic mass is 10.1. The van der Waals surface area contributed by atoms with Crippen molar-refractivity contribution in [1.82, 2.24) is 0 Å². The van der Waals surface area contributed by atoms with Gasteiger partial charge in [-0.05, 0) is 48.0 Å². The van der Waals surface area contributed by atoms with Gasteiger partial charge in [0.1, 0.15) is 23.5 Å². The number of halogens is 2. The van der Waals surface area contributed by atoms with Gasteiger partial charge in [-0.15, -0.1) is 11.8 Å². The molecule has 0 radical (unpaired) electrons. The van der Waals surface area contributed by atoms with Crippen LogP contribution in [0.3, 0.4) is 0 Å². The van der Waals surface area contributed by atoms with E-state index >= 15 is 0 Å². The summed E-state index contributed by atoms with van der Waals surface area (Å²) in [5.41, 5.74) is 2.61. The topological polar surface area (TPSA) is 29.5 Å². The van der Waals surface area contributed by atoms with E-state index < -0.39 is 0 Å². The number of para-hydroxylation sites is 1. The molecular formula is C22H17ClFNO2S. The van der Waals surface area contributed by atoms with Crippen LogP contribution in [0.2, 0.25) is 5.02 Å². The van der Waals surface area contributed by atoms with Gasteiger partial charge in [0.25, 0.3) is 0 Å². The summed E-state index contributed by atoms with van der Waals surface area (Å²) in [6.07, 6.45) is 0. The van der Waals surface area contributed by atoms with Crippen molar-refractivity contribution in [3.8, 4) is 5.75 Å². The molecule has 0 aliphatic carbocycles. The third-order valence-corrected chi connectivity index (χ3v) is 5.91. The minimum absolute atomic E-state index is 0.0469. The van der Waals surface area contributed by atoms with E-state index in [2.05, 4.69) is 0 Å². The van der Waals surface area contributed by atoms with E-state index in [0.29, 0.717) is 23.1 Å². The van der Waals surface area contributed by atoms with Crippen LogP contribution in [0.25, 0.3) is 0 Å². The Kier molecular flexibility index (Phi) is 5.55. The molecule has 0 N–H and O–H groups in total. The summed E-state index contributed by atoms with van der Waals surface area (Å²) in [4.78, 5) is 14.3. The van der Waals surface area contributed by atoms with Gasteiger partial charge >= 0.3 is 0 Å². The Morgan fingerprint density at radius 3 is 2.50 bits per heavy atom. The maximum absolute atomic E-state index is 13.1. The molecule has 6 heteroatoms. The Balaban J connectivity index is 1.60. The van der Waals surface area contributed by atoms with E-state index in [-0.39, 0.29) is 17.1 Å². The smallest absolute Gasteiger partial charge is 0.238 e. The molecule has 0 saturated carbocycles. The molecule has 1 aliphatic heterocycles. The van der Waals surface area contributed by atoms with Crippen molar-refractivity contribution in [2.45, 2.75) is 12.0 Å². The van der Waals surface area contributed by atoms with Crippen LogP contribution in [-0.4, -0.2) is 11.7 Å². The first-order chi connectivity index (χ1) is 13.6. The molecule has 142 valence electrons. The molecule has 1 aliphatic rings. The number of anilines is 1. The predicted molar refractivity (Wildman–Crippen MR) is 111 cm³/mol. The van der Waals surface area contributed by atoms with Gasteiger partial charge in [-0.25, -0.2) is 4.39 Å². The van der Waals surface area contributed by atoms with E-state index in [0.717, 1.165) is 16.8 Å². The van der Waals surface area contributed by atoms with Gasteiger partial charge in [0.15, 0.2) is 0 Å². The van der Waals surface area contributed by atoms with Gasteiger partial charge in [-0.3, -0.25) is 9.69 Å². The molecular weight excluding hydrogens is 397 g/mol. The molecule has 4 rings (SSSR count). The van der Waals surface area contributed by atoms with Crippen LogP contribution < -0.4 is 9.64 Å². The Bertz CT molecular complexity index is 979. The molecule has 28 heavy (non-hydrogen) atoms. The lowest BCUT2D eigenvalue weighted by molar-refractivity contribution is -0.115.